The highest BCUT2D eigenvalue weighted by molar-refractivity contribution is 7.88. The summed E-state index contributed by atoms with van der Waals surface area (Å²) >= 11 is 5.66. The average molecular weight is 349 g/mol. The minimum Gasteiger partial charge on any atom is -0.341 e. The molecular formula is C14H18ClFN2O3S. The Kier molecular flexibility index (Phi) is 5.41. The zero-order valence-electron chi connectivity index (χ0n) is 12.3. The summed E-state index contributed by atoms with van der Waals surface area (Å²) < 4.78 is 38.8. The van der Waals surface area contributed by atoms with Crippen molar-refractivity contribution in [2.24, 2.45) is 0 Å². The number of hydrogen-bond acceptors (Lipinski definition) is 3. The second-order valence-electron chi connectivity index (χ2n) is 5.31. The maximum Gasteiger partial charge on any atom is 0.222 e. The molecule has 0 N–H and O–H groups in total. The van der Waals surface area contributed by atoms with Gasteiger partial charge in [-0.2, -0.15) is 0 Å². The number of likely N-dealkylation sites (tertiary alicyclic amines) is 1. The molecule has 0 unspecified atom stereocenters. The Balaban J connectivity index is 1.96. The summed E-state index contributed by atoms with van der Waals surface area (Å²) in [6, 6.07) is 3.86. The molecule has 1 aliphatic rings. The lowest BCUT2D eigenvalue weighted by Crippen LogP contribution is -2.37. The Hall–Kier alpha value is -1.18. The molecule has 22 heavy (non-hydrogen) atoms. The van der Waals surface area contributed by atoms with E-state index >= 15 is 0 Å². The number of nitrogens with zero attached hydrogens (tertiary/aromatic N) is 2. The molecule has 1 aromatic carbocycles. The minimum atomic E-state index is -3.54. The van der Waals surface area contributed by atoms with E-state index in [0.717, 1.165) is 12.5 Å². The summed E-state index contributed by atoms with van der Waals surface area (Å²) in [5, 5.41) is -0.0991. The molecular weight excluding hydrogens is 331 g/mol. The first-order valence-corrected chi connectivity index (χ1v) is 8.94. The van der Waals surface area contributed by atoms with E-state index < -0.39 is 15.8 Å². The van der Waals surface area contributed by atoms with Crippen molar-refractivity contribution in [2.45, 2.75) is 18.6 Å². The lowest BCUT2D eigenvalue weighted by molar-refractivity contribution is -0.127. The average Bonchev–Trinajstić information content (AvgIpc) is 2.85. The van der Waals surface area contributed by atoms with Gasteiger partial charge in [-0.1, -0.05) is 17.7 Å². The molecule has 1 saturated heterocycles. The fourth-order valence-electron chi connectivity index (χ4n) is 2.29. The topological polar surface area (TPSA) is 57.7 Å². The Bertz CT molecular complexity index is 666. The van der Waals surface area contributed by atoms with Crippen LogP contribution in [0.4, 0.5) is 4.39 Å². The molecule has 5 nitrogen and oxygen atoms in total. The van der Waals surface area contributed by atoms with E-state index in [-0.39, 0.29) is 23.2 Å². The van der Waals surface area contributed by atoms with E-state index in [9.17, 15) is 17.6 Å². The molecule has 1 heterocycles. The predicted octanol–water partition coefficient (Wildman–Crippen LogP) is 1.86. The second kappa shape index (κ2) is 6.93. The number of carbonyl (C=O) groups excluding carboxylic acids is 1. The van der Waals surface area contributed by atoms with Crippen LogP contribution in [0.1, 0.15) is 18.4 Å². The summed E-state index contributed by atoms with van der Waals surface area (Å²) in [4.78, 5) is 13.2. The number of sulfonamides is 1. The largest absolute Gasteiger partial charge is 0.341 e. The molecule has 8 heteroatoms. The van der Waals surface area contributed by atoms with E-state index in [1.807, 2.05) is 0 Å². The third-order valence-electron chi connectivity index (χ3n) is 3.66. The van der Waals surface area contributed by atoms with E-state index in [4.69, 9.17) is 11.6 Å². The molecule has 0 spiro atoms. The number of likely N-dealkylation sites (N-methyl/N-ethyl adjacent to an activating group) is 1. The standard InChI is InChI=1S/C14H18ClFN2O3S/c1-17(7-8-18-6-2-3-14(18)19)22(20,21)10-11-4-5-13(16)12(15)9-11/h4-5,9H,2-3,6-8,10H2,1H3. The van der Waals surface area contributed by atoms with Crippen LogP contribution in [-0.4, -0.2) is 50.2 Å². The summed E-state index contributed by atoms with van der Waals surface area (Å²) in [6.07, 6.45) is 1.36. The highest BCUT2D eigenvalue weighted by atomic mass is 35.5. The quantitative estimate of drug-likeness (QED) is 0.788. The Labute approximate surface area is 134 Å². The van der Waals surface area contributed by atoms with Crippen LogP contribution in [0.15, 0.2) is 18.2 Å². The Morgan fingerprint density at radius 3 is 2.73 bits per heavy atom. The van der Waals surface area contributed by atoms with Crippen LogP contribution in [0.25, 0.3) is 0 Å². The van der Waals surface area contributed by atoms with Gasteiger partial charge in [-0.05, 0) is 24.1 Å². The number of amides is 1. The molecule has 1 aliphatic heterocycles. The van der Waals surface area contributed by atoms with Crippen molar-refractivity contribution < 1.29 is 17.6 Å². The van der Waals surface area contributed by atoms with Crippen LogP contribution in [-0.2, 0) is 20.6 Å². The van der Waals surface area contributed by atoms with Crippen LogP contribution >= 0.6 is 11.6 Å². The first kappa shape index (κ1) is 17.2. The summed E-state index contributed by atoms with van der Waals surface area (Å²) in [5.74, 6) is -0.767. The van der Waals surface area contributed by atoms with Gasteiger partial charge in [0, 0.05) is 33.1 Å². The molecule has 1 fully saturated rings. The van der Waals surface area contributed by atoms with Crippen molar-refractivity contribution in [1.29, 1.82) is 0 Å². The number of rotatable bonds is 6. The van der Waals surface area contributed by atoms with Crippen LogP contribution in [0.2, 0.25) is 5.02 Å². The van der Waals surface area contributed by atoms with Crippen LogP contribution in [0, 0.1) is 5.82 Å². The molecule has 0 aromatic heterocycles. The summed E-state index contributed by atoms with van der Waals surface area (Å²) in [7, 11) is -2.06. The predicted molar refractivity (Wildman–Crippen MR) is 82.5 cm³/mol. The summed E-state index contributed by atoms with van der Waals surface area (Å²) in [6.45, 7) is 1.31. The van der Waals surface area contributed by atoms with Gasteiger partial charge in [0.2, 0.25) is 15.9 Å². The van der Waals surface area contributed by atoms with E-state index in [1.165, 1.54) is 23.5 Å². The smallest absolute Gasteiger partial charge is 0.222 e. The normalized spacial score (nSPS) is 15.8. The molecule has 0 aliphatic carbocycles. The second-order valence-corrected chi connectivity index (χ2v) is 7.79. The zero-order valence-corrected chi connectivity index (χ0v) is 13.8. The highest BCUT2D eigenvalue weighted by Crippen LogP contribution is 2.18. The molecule has 0 radical (unpaired) electrons. The van der Waals surface area contributed by atoms with Gasteiger partial charge in [-0.25, -0.2) is 17.1 Å². The minimum absolute atomic E-state index is 0.0658. The van der Waals surface area contributed by atoms with Crippen molar-refractivity contribution in [3.8, 4) is 0 Å². The molecule has 1 amide bonds. The highest BCUT2D eigenvalue weighted by Gasteiger charge is 2.23. The Morgan fingerprint density at radius 2 is 2.14 bits per heavy atom. The molecule has 0 saturated carbocycles. The third-order valence-corrected chi connectivity index (χ3v) is 5.78. The van der Waals surface area contributed by atoms with E-state index in [0.29, 0.717) is 25.1 Å². The van der Waals surface area contributed by atoms with Crippen LogP contribution < -0.4 is 0 Å². The fraction of sp³-hybridized carbons (Fsp3) is 0.500. The van der Waals surface area contributed by atoms with Crippen molar-refractivity contribution in [1.82, 2.24) is 9.21 Å². The third kappa shape index (κ3) is 4.18. The van der Waals surface area contributed by atoms with Gasteiger partial charge in [0.1, 0.15) is 5.82 Å². The molecule has 0 bridgehead atoms. The van der Waals surface area contributed by atoms with Crippen molar-refractivity contribution in [3.05, 3.63) is 34.6 Å². The lowest BCUT2D eigenvalue weighted by atomic mass is 10.2. The molecule has 1 aromatic rings. The fourth-order valence-corrected chi connectivity index (χ4v) is 3.68. The number of carbonyl (C=O) groups is 1. The first-order valence-electron chi connectivity index (χ1n) is 6.95. The first-order chi connectivity index (χ1) is 10.3. The molecule has 122 valence electrons. The Morgan fingerprint density at radius 1 is 1.41 bits per heavy atom. The lowest BCUT2D eigenvalue weighted by Gasteiger charge is -2.21. The SMILES string of the molecule is CN(CCN1CCCC1=O)S(=O)(=O)Cc1ccc(F)c(Cl)c1. The number of halogens is 2. The van der Waals surface area contributed by atoms with Gasteiger partial charge in [0.25, 0.3) is 0 Å². The van der Waals surface area contributed by atoms with Gasteiger partial charge in [-0.3, -0.25) is 4.79 Å². The molecule has 2 rings (SSSR count). The number of hydrogen-bond donors (Lipinski definition) is 0. The van der Waals surface area contributed by atoms with Crippen molar-refractivity contribution in [2.75, 3.05) is 26.7 Å². The zero-order chi connectivity index (χ0) is 16.3. The number of benzene rings is 1. The maximum absolute atomic E-state index is 13.1. The van der Waals surface area contributed by atoms with Crippen LogP contribution in [0.5, 0.6) is 0 Å². The van der Waals surface area contributed by atoms with E-state index in [1.54, 1.807) is 4.90 Å². The van der Waals surface area contributed by atoms with Gasteiger partial charge >= 0.3 is 0 Å². The maximum atomic E-state index is 13.1. The monoisotopic (exact) mass is 348 g/mol. The van der Waals surface area contributed by atoms with Crippen LogP contribution in [0.3, 0.4) is 0 Å². The summed E-state index contributed by atoms with van der Waals surface area (Å²) in [5.41, 5.74) is 0.426. The van der Waals surface area contributed by atoms with Crippen molar-refractivity contribution >= 4 is 27.5 Å². The molecule has 0 atom stereocenters. The van der Waals surface area contributed by atoms with Gasteiger partial charge in [-0.15, -0.1) is 0 Å². The van der Waals surface area contributed by atoms with Gasteiger partial charge in [0.15, 0.2) is 0 Å². The van der Waals surface area contributed by atoms with Gasteiger partial charge in [0.05, 0.1) is 10.8 Å². The van der Waals surface area contributed by atoms with E-state index in [2.05, 4.69) is 0 Å². The van der Waals surface area contributed by atoms with Crippen molar-refractivity contribution in [3.63, 3.8) is 0 Å². The van der Waals surface area contributed by atoms with Gasteiger partial charge < -0.3 is 4.90 Å².